The van der Waals surface area contributed by atoms with Crippen molar-refractivity contribution in [2.75, 3.05) is 26.2 Å². The molecule has 0 bridgehead atoms. The number of rotatable bonds is 6. The van der Waals surface area contributed by atoms with Crippen molar-refractivity contribution in [2.45, 2.75) is 80.1 Å². The molecule has 4 rings (SSSR count). The van der Waals surface area contributed by atoms with E-state index in [-0.39, 0.29) is 24.9 Å². The molecule has 2 fully saturated rings. The minimum atomic E-state index is -0.335. The van der Waals surface area contributed by atoms with Gasteiger partial charge in [0, 0.05) is 31.2 Å². The van der Waals surface area contributed by atoms with E-state index in [1.807, 2.05) is 39.4 Å². The first kappa shape index (κ1) is 27.0. The van der Waals surface area contributed by atoms with Crippen molar-refractivity contribution >= 4 is 14.1 Å². The highest BCUT2D eigenvalue weighted by molar-refractivity contribution is 6.45. The Labute approximate surface area is 206 Å². The molecule has 8 nitrogen and oxygen atoms in total. The fourth-order valence-electron chi connectivity index (χ4n) is 5.57. The molecule has 0 spiro atoms. The van der Waals surface area contributed by atoms with Crippen molar-refractivity contribution in [3.8, 4) is 0 Å². The van der Waals surface area contributed by atoms with Gasteiger partial charge >= 0.3 is 14.1 Å². The Morgan fingerprint density at radius 1 is 0.912 bits per heavy atom. The number of nitrogens with zero attached hydrogens (tertiary/aromatic N) is 6. The molecule has 2 aromatic heterocycles. The highest BCUT2D eigenvalue weighted by Gasteiger charge is 2.35. The van der Waals surface area contributed by atoms with Gasteiger partial charge in [-0.2, -0.15) is 0 Å². The molecule has 2 atom stereocenters. The Kier molecular flexibility index (Phi) is 9.06. The van der Waals surface area contributed by atoms with Gasteiger partial charge in [0.15, 0.2) is 0 Å². The lowest BCUT2D eigenvalue weighted by Crippen LogP contribution is -2.49. The van der Waals surface area contributed by atoms with Crippen molar-refractivity contribution in [1.82, 2.24) is 28.7 Å². The zero-order valence-electron chi connectivity index (χ0n) is 22.1. The van der Waals surface area contributed by atoms with Crippen LogP contribution in [0.3, 0.4) is 0 Å². The molecule has 4 heterocycles. The van der Waals surface area contributed by atoms with E-state index in [1.54, 1.807) is 0 Å². The van der Waals surface area contributed by atoms with Crippen LogP contribution in [0.4, 0.5) is 0 Å². The second kappa shape index (κ2) is 11.4. The fraction of sp³-hybridized carbons (Fsp3) is 0.750. The molecular weight excluding hydrogens is 426 g/mol. The minimum absolute atomic E-state index is 0.237. The normalized spacial score (nSPS) is 26.1. The molecule has 0 aliphatic carbocycles. The second-order valence-electron chi connectivity index (χ2n) is 11.4. The molecule has 188 valence electrons. The van der Waals surface area contributed by atoms with E-state index in [1.165, 1.54) is 18.5 Å². The molecule has 2 saturated heterocycles. The molecule has 0 unspecified atom stereocenters. The van der Waals surface area contributed by atoms with Gasteiger partial charge < -0.3 is 28.8 Å². The van der Waals surface area contributed by atoms with E-state index in [4.69, 9.17) is 0 Å². The number of hydrogen-bond acceptors (Lipinski definition) is 6. The average Bonchev–Trinajstić information content (AvgIpc) is 3.35. The van der Waals surface area contributed by atoms with Crippen LogP contribution in [0.15, 0.2) is 25.0 Å². The first-order valence-electron chi connectivity index (χ1n) is 12.8. The lowest BCUT2D eigenvalue weighted by Gasteiger charge is -2.41. The number of piperidine rings is 2. The molecule has 10 heteroatoms. The Morgan fingerprint density at radius 2 is 1.47 bits per heavy atom. The maximum Gasteiger partial charge on any atom is 0.376 e. The third-order valence-electron chi connectivity index (χ3n) is 7.48. The van der Waals surface area contributed by atoms with Gasteiger partial charge in [0.25, 0.3) is 0 Å². The monoisotopic (exact) mass is 470 g/mol. The van der Waals surface area contributed by atoms with Crippen LogP contribution in [0.1, 0.15) is 50.9 Å². The van der Waals surface area contributed by atoms with Gasteiger partial charge in [0.1, 0.15) is 0 Å². The third-order valence-corrected chi connectivity index (χ3v) is 7.48. The summed E-state index contributed by atoms with van der Waals surface area (Å²) in [5.74, 6) is 0. The van der Waals surface area contributed by atoms with Gasteiger partial charge in [-0.05, 0) is 90.2 Å². The molecule has 0 aromatic carbocycles. The maximum atomic E-state index is 9.70. The summed E-state index contributed by atoms with van der Waals surface area (Å²) in [6.07, 6.45) is 12.6. The van der Waals surface area contributed by atoms with Gasteiger partial charge in [0.05, 0.1) is 18.3 Å². The summed E-state index contributed by atoms with van der Waals surface area (Å²) in [5.41, 5.74) is 2.75. The molecule has 2 aromatic rings. The van der Waals surface area contributed by atoms with Crippen LogP contribution in [-0.4, -0.2) is 79.1 Å². The second-order valence-corrected chi connectivity index (χ2v) is 11.4. The number of imidazole rings is 2. The van der Waals surface area contributed by atoms with E-state index < -0.39 is 0 Å². The smallest absolute Gasteiger partial charge is 0.376 e. The first-order chi connectivity index (χ1) is 16.0. The summed E-state index contributed by atoms with van der Waals surface area (Å²) in [6, 6.07) is 0. The lowest BCUT2D eigenvalue weighted by atomic mass is 9.74. The van der Waals surface area contributed by atoms with E-state index in [9.17, 15) is 10.0 Å². The summed E-state index contributed by atoms with van der Waals surface area (Å²) in [4.78, 5) is 12.8. The molecule has 2 N–H and O–H groups in total. The maximum absolute atomic E-state index is 9.70. The summed E-state index contributed by atoms with van der Waals surface area (Å²) in [6.45, 7) is 18.3. The van der Waals surface area contributed by atoms with Crippen LogP contribution in [0.5, 0.6) is 0 Å². The van der Waals surface area contributed by atoms with Crippen LogP contribution in [0, 0.1) is 24.7 Å². The van der Waals surface area contributed by atoms with Gasteiger partial charge in [0.2, 0.25) is 0 Å². The number of aryl methyl sites for hydroxylation is 2. The Bertz CT molecular complexity index is 904. The van der Waals surface area contributed by atoms with Crippen LogP contribution in [0.2, 0.25) is 13.6 Å². The number of hydrogen-bond donors (Lipinski definition) is 2. The summed E-state index contributed by atoms with van der Waals surface area (Å²) >= 11 is 0. The van der Waals surface area contributed by atoms with Crippen molar-refractivity contribution in [3.63, 3.8) is 0 Å². The van der Waals surface area contributed by atoms with Crippen LogP contribution < -0.4 is 0 Å². The molecule has 0 radical (unpaired) electrons. The molecule has 0 saturated carbocycles. The topological polar surface area (TPSA) is 82.6 Å². The highest BCUT2D eigenvalue weighted by atomic mass is 16.2. The van der Waals surface area contributed by atoms with Crippen molar-refractivity contribution in [2.24, 2.45) is 10.8 Å². The lowest BCUT2D eigenvalue weighted by molar-refractivity contribution is 0.130. The van der Waals surface area contributed by atoms with E-state index in [0.717, 1.165) is 57.8 Å². The van der Waals surface area contributed by atoms with E-state index in [0.29, 0.717) is 0 Å². The molecule has 2 aliphatic rings. The standard InChI is InChI=1S/2C12H22BN3O/c1-11-7-15(10-14-11)8-12(2)5-4-6-16(9-12)13(3)17;1-11-7-14-10-15(11)8-12(2)5-4-6-16(9-12)13(3)17/h2*7,10,17H,4-6,8-9H2,1-3H3/t2*12-/m11/s1. The SMILES string of the molecule is CB(O)N1CCC[C@](C)(Cn2cnc(C)c2)C1.CB(O)N1CCC[C@](C)(Cn2cncc2C)C1. The van der Waals surface area contributed by atoms with Crippen molar-refractivity contribution in [1.29, 1.82) is 0 Å². The molecule has 2 aliphatic heterocycles. The van der Waals surface area contributed by atoms with E-state index in [2.05, 4.69) is 55.7 Å². The number of aromatic nitrogens is 4. The van der Waals surface area contributed by atoms with E-state index >= 15 is 0 Å². The van der Waals surface area contributed by atoms with Crippen molar-refractivity contribution < 1.29 is 10.0 Å². The largest absolute Gasteiger partial charge is 0.437 e. The summed E-state index contributed by atoms with van der Waals surface area (Å²) in [7, 11) is -0.669. The quantitative estimate of drug-likeness (QED) is 0.633. The molecule has 34 heavy (non-hydrogen) atoms. The molecule has 0 amide bonds. The van der Waals surface area contributed by atoms with Gasteiger partial charge in [-0.15, -0.1) is 0 Å². The predicted molar refractivity (Wildman–Crippen MR) is 139 cm³/mol. The van der Waals surface area contributed by atoms with Crippen molar-refractivity contribution in [3.05, 3.63) is 36.4 Å². The van der Waals surface area contributed by atoms with Crippen LogP contribution in [-0.2, 0) is 13.1 Å². The zero-order valence-corrected chi connectivity index (χ0v) is 22.1. The van der Waals surface area contributed by atoms with Gasteiger partial charge in [-0.3, -0.25) is 0 Å². The summed E-state index contributed by atoms with van der Waals surface area (Å²) in [5, 5.41) is 19.4. The summed E-state index contributed by atoms with van der Waals surface area (Å²) < 4.78 is 4.38. The Hall–Kier alpha value is -1.61. The predicted octanol–water partition coefficient (Wildman–Crippen LogP) is 2.81. The third kappa shape index (κ3) is 7.44. The first-order valence-corrected chi connectivity index (χ1v) is 12.8. The minimum Gasteiger partial charge on any atom is -0.437 e. The van der Waals surface area contributed by atoms with Gasteiger partial charge in [-0.25, -0.2) is 9.97 Å². The fourth-order valence-corrected chi connectivity index (χ4v) is 5.57. The average molecular weight is 470 g/mol. The highest BCUT2D eigenvalue weighted by Crippen LogP contribution is 2.32. The Balaban J connectivity index is 0.000000191. The Morgan fingerprint density at radius 3 is 1.91 bits per heavy atom. The van der Waals surface area contributed by atoms with Gasteiger partial charge in [-0.1, -0.05) is 13.8 Å². The van der Waals surface area contributed by atoms with Crippen LogP contribution >= 0.6 is 0 Å². The molecular formula is C24H44B2N6O2. The zero-order chi connectivity index (χ0) is 24.9. The van der Waals surface area contributed by atoms with Crippen LogP contribution in [0.25, 0.3) is 0 Å².